The number of sulfonamides is 1. The van der Waals surface area contributed by atoms with Gasteiger partial charge in [-0.15, -0.1) is 0 Å². The summed E-state index contributed by atoms with van der Waals surface area (Å²) < 4.78 is 34.1. The van der Waals surface area contributed by atoms with Gasteiger partial charge in [-0.1, -0.05) is 53.6 Å². The van der Waals surface area contributed by atoms with E-state index in [0.717, 1.165) is 32.1 Å². The van der Waals surface area contributed by atoms with Crippen LogP contribution in [0.1, 0.15) is 33.4 Å². The van der Waals surface area contributed by atoms with Gasteiger partial charge in [-0.05, 0) is 98.5 Å². The number of carbonyl (C=O) groups excluding carboxylic acids is 1. The highest BCUT2D eigenvalue weighted by atomic mass is 32.2. The van der Waals surface area contributed by atoms with Crippen molar-refractivity contribution < 1.29 is 17.9 Å². The molecule has 8 heteroatoms. The molecule has 0 heterocycles. The first-order chi connectivity index (χ1) is 19.1. The fourth-order valence-corrected chi connectivity index (χ4v) is 5.50. The number of amides is 1. The molecule has 4 rings (SSSR count). The van der Waals surface area contributed by atoms with Crippen molar-refractivity contribution in [3.8, 4) is 5.75 Å². The van der Waals surface area contributed by atoms with Crippen molar-refractivity contribution >= 4 is 27.8 Å². The molecule has 1 amide bonds. The molecule has 7 nitrogen and oxygen atoms in total. The molecule has 0 saturated carbocycles. The number of hydrogen-bond donors (Lipinski definition) is 1. The summed E-state index contributed by atoms with van der Waals surface area (Å²) in [6, 6.07) is 27.5. The highest BCUT2D eigenvalue weighted by Crippen LogP contribution is 2.26. The first-order valence-corrected chi connectivity index (χ1v) is 14.3. The molecule has 40 heavy (non-hydrogen) atoms. The third-order valence-corrected chi connectivity index (χ3v) is 7.99. The van der Waals surface area contributed by atoms with Crippen molar-refractivity contribution in [1.29, 1.82) is 0 Å². The molecule has 0 spiro atoms. The summed E-state index contributed by atoms with van der Waals surface area (Å²) in [7, 11) is -4.00. The molecule has 4 aromatic rings. The van der Waals surface area contributed by atoms with Crippen molar-refractivity contribution in [1.82, 2.24) is 5.43 Å². The minimum atomic E-state index is -4.00. The second kappa shape index (κ2) is 12.6. The van der Waals surface area contributed by atoms with Crippen LogP contribution in [0, 0.1) is 27.7 Å². The molecular weight excluding hydrogens is 522 g/mol. The highest BCUT2D eigenvalue weighted by Gasteiger charge is 2.27. The van der Waals surface area contributed by atoms with E-state index in [0.29, 0.717) is 18.0 Å². The van der Waals surface area contributed by atoms with Gasteiger partial charge in [0.1, 0.15) is 18.9 Å². The highest BCUT2D eigenvalue weighted by molar-refractivity contribution is 7.92. The Morgan fingerprint density at radius 1 is 0.800 bits per heavy atom. The Hall–Kier alpha value is -4.43. The van der Waals surface area contributed by atoms with Gasteiger partial charge in [-0.3, -0.25) is 9.10 Å². The summed E-state index contributed by atoms with van der Waals surface area (Å²) in [4.78, 5) is 13.0. The molecule has 0 saturated heterocycles. The van der Waals surface area contributed by atoms with Crippen LogP contribution in [0.4, 0.5) is 5.69 Å². The average Bonchev–Trinajstić information content (AvgIpc) is 2.92. The van der Waals surface area contributed by atoms with Crippen LogP contribution in [0.3, 0.4) is 0 Å². The number of carbonyl (C=O) groups is 1. The van der Waals surface area contributed by atoms with Crippen molar-refractivity contribution in [2.75, 3.05) is 10.8 Å². The predicted octanol–water partition coefficient (Wildman–Crippen LogP) is 5.84. The predicted molar refractivity (Wildman–Crippen MR) is 159 cm³/mol. The second-order valence-corrected chi connectivity index (χ2v) is 11.7. The van der Waals surface area contributed by atoms with Gasteiger partial charge in [-0.2, -0.15) is 5.10 Å². The van der Waals surface area contributed by atoms with Gasteiger partial charge in [0.15, 0.2) is 0 Å². The largest absolute Gasteiger partial charge is 0.489 e. The molecule has 0 unspecified atom stereocenters. The van der Waals surface area contributed by atoms with E-state index in [2.05, 4.69) is 10.5 Å². The number of anilines is 1. The minimum Gasteiger partial charge on any atom is -0.489 e. The summed E-state index contributed by atoms with van der Waals surface area (Å²) in [5, 5.41) is 4.03. The van der Waals surface area contributed by atoms with Crippen LogP contribution < -0.4 is 14.5 Å². The molecule has 0 radical (unpaired) electrons. The zero-order valence-electron chi connectivity index (χ0n) is 23.1. The van der Waals surface area contributed by atoms with Gasteiger partial charge in [0.25, 0.3) is 15.9 Å². The van der Waals surface area contributed by atoms with E-state index in [1.54, 1.807) is 36.4 Å². The van der Waals surface area contributed by atoms with E-state index in [-0.39, 0.29) is 4.90 Å². The fraction of sp³-hybridized carbons (Fsp3) is 0.188. The third kappa shape index (κ3) is 7.57. The normalized spacial score (nSPS) is 11.4. The SMILES string of the molecule is Cc1ccc(COc2ccc(/C=N\NC(=O)CN(c3cc(C)cc(C)c3)S(=O)(=O)c3ccc(C)cc3)cc2)cc1. The van der Waals surface area contributed by atoms with Gasteiger partial charge in [-0.25, -0.2) is 13.8 Å². The summed E-state index contributed by atoms with van der Waals surface area (Å²) in [6.45, 7) is 7.73. The third-order valence-electron chi connectivity index (χ3n) is 6.20. The van der Waals surface area contributed by atoms with Crippen molar-refractivity contribution in [3.05, 3.63) is 124 Å². The number of benzene rings is 4. The Bertz CT molecular complexity index is 1580. The molecule has 1 N–H and O–H groups in total. The minimum absolute atomic E-state index is 0.109. The average molecular weight is 556 g/mol. The monoisotopic (exact) mass is 555 g/mol. The van der Waals surface area contributed by atoms with Crippen molar-refractivity contribution in [2.24, 2.45) is 5.10 Å². The van der Waals surface area contributed by atoms with E-state index in [4.69, 9.17) is 4.74 Å². The van der Waals surface area contributed by atoms with Gasteiger partial charge >= 0.3 is 0 Å². The van der Waals surface area contributed by atoms with E-state index in [1.807, 2.05) is 82.3 Å². The van der Waals surface area contributed by atoms with Gasteiger partial charge in [0, 0.05) is 0 Å². The molecule has 206 valence electrons. The molecule has 4 aromatic carbocycles. The smallest absolute Gasteiger partial charge is 0.264 e. The van der Waals surface area contributed by atoms with E-state index < -0.39 is 22.5 Å². The lowest BCUT2D eigenvalue weighted by molar-refractivity contribution is -0.119. The lowest BCUT2D eigenvalue weighted by Gasteiger charge is -2.24. The zero-order valence-corrected chi connectivity index (χ0v) is 23.9. The lowest BCUT2D eigenvalue weighted by atomic mass is 10.1. The Morgan fingerprint density at radius 2 is 1.38 bits per heavy atom. The Morgan fingerprint density at radius 3 is 1.98 bits per heavy atom. The van der Waals surface area contributed by atoms with Crippen LogP contribution >= 0.6 is 0 Å². The zero-order chi connectivity index (χ0) is 28.7. The Kier molecular flexibility index (Phi) is 9.01. The molecular formula is C32H33N3O4S. The maximum absolute atomic E-state index is 13.6. The van der Waals surface area contributed by atoms with Gasteiger partial charge in [0.05, 0.1) is 16.8 Å². The molecule has 0 atom stereocenters. The quantitative estimate of drug-likeness (QED) is 0.197. The van der Waals surface area contributed by atoms with E-state index in [9.17, 15) is 13.2 Å². The molecule has 0 bridgehead atoms. The number of rotatable bonds is 10. The van der Waals surface area contributed by atoms with E-state index >= 15 is 0 Å². The van der Waals surface area contributed by atoms with Crippen LogP contribution in [0.15, 0.2) is 101 Å². The van der Waals surface area contributed by atoms with Crippen LogP contribution in [-0.4, -0.2) is 27.1 Å². The summed E-state index contributed by atoms with van der Waals surface area (Å²) in [5.74, 6) is 0.149. The maximum Gasteiger partial charge on any atom is 0.264 e. The standard InChI is InChI=1S/C32H33N3O4S/c1-23-5-9-28(10-6-23)22-39-30-13-11-27(12-14-30)20-33-34-32(36)21-35(29-18-25(3)17-26(4)19-29)40(37,38)31-15-7-24(2)8-16-31/h5-20H,21-22H2,1-4H3,(H,34,36)/b33-20-. The number of aryl methyl sites for hydroxylation is 4. The lowest BCUT2D eigenvalue weighted by Crippen LogP contribution is -2.39. The summed E-state index contributed by atoms with van der Waals surface area (Å²) >= 11 is 0. The molecule has 0 fully saturated rings. The fourth-order valence-electron chi connectivity index (χ4n) is 4.09. The number of nitrogens with one attached hydrogen (secondary N) is 1. The molecule has 0 aliphatic heterocycles. The first kappa shape index (κ1) is 28.6. The van der Waals surface area contributed by atoms with Crippen molar-refractivity contribution in [3.63, 3.8) is 0 Å². The van der Waals surface area contributed by atoms with Crippen molar-refractivity contribution in [2.45, 2.75) is 39.2 Å². The summed E-state index contributed by atoms with van der Waals surface area (Å²) in [5.41, 5.74) is 8.62. The first-order valence-electron chi connectivity index (χ1n) is 12.9. The number of ether oxygens (including phenoxy) is 1. The second-order valence-electron chi connectivity index (χ2n) is 9.81. The summed E-state index contributed by atoms with van der Waals surface area (Å²) in [6.07, 6.45) is 1.50. The number of nitrogens with zero attached hydrogens (tertiary/aromatic N) is 2. The molecule has 0 aliphatic carbocycles. The van der Waals surface area contributed by atoms with Crippen LogP contribution in [0.5, 0.6) is 5.75 Å². The van der Waals surface area contributed by atoms with Crippen LogP contribution in [0.2, 0.25) is 0 Å². The van der Waals surface area contributed by atoms with Crippen LogP contribution in [0.25, 0.3) is 0 Å². The van der Waals surface area contributed by atoms with E-state index in [1.165, 1.54) is 11.8 Å². The number of hydrogen-bond acceptors (Lipinski definition) is 5. The molecule has 0 aromatic heterocycles. The number of hydrazone groups is 1. The van der Waals surface area contributed by atoms with Gasteiger partial charge < -0.3 is 4.74 Å². The Balaban J connectivity index is 1.42. The Labute approximate surface area is 236 Å². The topological polar surface area (TPSA) is 88.1 Å². The maximum atomic E-state index is 13.6. The van der Waals surface area contributed by atoms with Gasteiger partial charge in [0.2, 0.25) is 0 Å². The molecule has 0 aliphatic rings. The van der Waals surface area contributed by atoms with Crippen LogP contribution in [-0.2, 0) is 21.4 Å².